The molecule has 0 bridgehead atoms. The van der Waals surface area contributed by atoms with Crippen LogP contribution >= 0.6 is 11.3 Å². The van der Waals surface area contributed by atoms with E-state index in [1.165, 1.54) is 11.3 Å². The Morgan fingerprint density at radius 3 is 2.61 bits per heavy atom. The maximum atomic E-state index is 12.4. The van der Waals surface area contributed by atoms with E-state index >= 15 is 0 Å². The van der Waals surface area contributed by atoms with Gasteiger partial charge in [-0.3, -0.25) is 4.40 Å². The second kappa shape index (κ2) is 3.93. The van der Waals surface area contributed by atoms with E-state index < -0.39 is 9.84 Å². The number of imidazole rings is 1. The van der Waals surface area contributed by atoms with E-state index in [9.17, 15) is 8.42 Å². The number of benzene rings is 1. The molecule has 0 aliphatic rings. The molecule has 1 aromatic carbocycles. The minimum atomic E-state index is -3.42. The fourth-order valence-corrected chi connectivity index (χ4v) is 4.32. The highest BCUT2D eigenvalue weighted by Crippen LogP contribution is 2.28. The SMILES string of the molecule is Cc1ccc(S(=O)(=O)c2cn3cncc3s2)cc1. The molecule has 0 atom stereocenters. The molecule has 2 aromatic heterocycles. The van der Waals surface area contributed by atoms with Crippen molar-refractivity contribution >= 4 is 26.0 Å². The van der Waals surface area contributed by atoms with Crippen LogP contribution in [0.1, 0.15) is 5.56 Å². The monoisotopic (exact) mass is 278 g/mol. The molecule has 0 radical (unpaired) electrons. The van der Waals surface area contributed by atoms with Gasteiger partial charge in [0.25, 0.3) is 0 Å². The van der Waals surface area contributed by atoms with E-state index in [0.29, 0.717) is 9.10 Å². The third-order valence-electron chi connectivity index (χ3n) is 2.68. The number of hydrogen-bond acceptors (Lipinski definition) is 4. The first-order valence-electron chi connectivity index (χ1n) is 5.30. The highest BCUT2D eigenvalue weighted by atomic mass is 32.2. The van der Waals surface area contributed by atoms with Crippen LogP contribution in [0.15, 0.2) is 52.1 Å². The van der Waals surface area contributed by atoms with Crippen molar-refractivity contribution in [1.29, 1.82) is 0 Å². The first-order valence-corrected chi connectivity index (χ1v) is 7.60. The van der Waals surface area contributed by atoms with E-state index in [1.807, 2.05) is 6.92 Å². The average molecular weight is 278 g/mol. The summed E-state index contributed by atoms with van der Waals surface area (Å²) in [5, 5.41) is 0. The van der Waals surface area contributed by atoms with E-state index in [-0.39, 0.29) is 0 Å². The maximum absolute atomic E-state index is 12.4. The van der Waals surface area contributed by atoms with Crippen LogP contribution in [0.4, 0.5) is 0 Å². The highest BCUT2D eigenvalue weighted by Gasteiger charge is 2.20. The summed E-state index contributed by atoms with van der Waals surface area (Å²) in [6.45, 7) is 1.93. The summed E-state index contributed by atoms with van der Waals surface area (Å²) in [6, 6.07) is 6.87. The van der Waals surface area contributed by atoms with E-state index in [2.05, 4.69) is 4.98 Å². The summed E-state index contributed by atoms with van der Waals surface area (Å²) < 4.78 is 26.8. The van der Waals surface area contributed by atoms with Gasteiger partial charge in [0.2, 0.25) is 9.84 Å². The zero-order valence-electron chi connectivity index (χ0n) is 9.57. The zero-order chi connectivity index (χ0) is 12.8. The number of hydrogen-bond donors (Lipinski definition) is 0. The first-order chi connectivity index (χ1) is 8.57. The van der Waals surface area contributed by atoms with Gasteiger partial charge in [0.15, 0.2) is 0 Å². The Morgan fingerprint density at radius 2 is 1.94 bits per heavy atom. The van der Waals surface area contributed by atoms with Gasteiger partial charge in [-0.2, -0.15) is 0 Å². The van der Waals surface area contributed by atoms with E-state index in [1.54, 1.807) is 47.4 Å². The Morgan fingerprint density at radius 1 is 1.22 bits per heavy atom. The number of sulfone groups is 1. The Kier molecular flexibility index (Phi) is 2.49. The van der Waals surface area contributed by atoms with Gasteiger partial charge in [-0.25, -0.2) is 13.4 Å². The number of nitrogens with zero attached hydrogens (tertiary/aromatic N) is 2. The van der Waals surface area contributed by atoms with E-state index in [0.717, 1.165) is 10.4 Å². The fourth-order valence-electron chi connectivity index (χ4n) is 1.67. The third kappa shape index (κ3) is 1.74. The van der Waals surface area contributed by atoms with Crippen LogP contribution in [0, 0.1) is 6.92 Å². The van der Waals surface area contributed by atoms with Gasteiger partial charge < -0.3 is 0 Å². The Hall–Kier alpha value is -1.66. The van der Waals surface area contributed by atoms with Crippen LogP contribution in [0.2, 0.25) is 0 Å². The van der Waals surface area contributed by atoms with Gasteiger partial charge >= 0.3 is 0 Å². The number of fused-ring (bicyclic) bond motifs is 1. The van der Waals surface area contributed by atoms with Gasteiger partial charge in [-0.1, -0.05) is 17.7 Å². The van der Waals surface area contributed by atoms with Crippen LogP contribution in [0.5, 0.6) is 0 Å². The lowest BCUT2D eigenvalue weighted by molar-refractivity contribution is 0.597. The van der Waals surface area contributed by atoms with Crippen molar-refractivity contribution in [3.8, 4) is 0 Å². The summed E-state index contributed by atoms with van der Waals surface area (Å²) in [4.78, 5) is 5.09. The summed E-state index contributed by atoms with van der Waals surface area (Å²) >= 11 is 1.22. The summed E-state index contributed by atoms with van der Waals surface area (Å²) in [6.07, 6.45) is 4.85. The number of rotatable bonds is 2. The normalized spacial score (nSPS) is 12.1. The highest BCUT2D eigenvalue weighted by molar-refractivity contribution is 7.93. The number of aryl methyl sites for hydroxylation is 1. The lowest BCUT2D eigenvalue weighted by Gasteiger charge is -2.01. The Bertz CT molecular complexity index is 770. The van der Waals surface area contributed by atoms with Crippen molar-refractivity contribution in [2.24, 2.45) is 0 Å². The van der Waals surface area contributed by atoms with Crippen molar-refractivity contribution in [1.82, 2.24) is 9.38 Å². The summed E-state index contributed by atoms with van der Waals surface area (Å²) in [5.74, 6) is 0. The maximum Gasteiger partial charge on any atom is 0.217 e. The summed E-state index contributed by atoms with van der Waals surface area (Å²) in [5.41, 5.74) is 1.04. The molecule has 6 heteroatoms. The van der Waals surface area contributed by atoms with Crippen molar-refractivity contribution in [2.75, 3.05) is 0 Å². The molecular weight excluding hydrogens is 268 g/mol. The molecule has 0 amide bonds. The quantitative estimate of drug-likeness (QED) is 0.724. The molecule has 18 heavy (non-hydrogen) atoms. The lowest BCUT2D eigenvalue weighted by atomic mass is 10.2. The predicted octanol–water partition coefficient (Wildman–Crippen LogP) is 2.54. The molecule has 0 aliphatic heterocycles. The molecule has 0 N–H and O–H groups in total. The molecule has 3 aromatic rings. The zero-order valence-corrected chi connectivity index (χ0v) is 11.2. The van der Waals surface area contributed by atoms with Crippen LogP contribution < -0.4 is 0 Å². The van der Waals surface area contributed by atoms with Crippen LogP contribution in [-0.4, -0.2) is 17.8 Å². The average Bonchev–Trinajstić information content (AvgIpc) is 2.89. The Labute approximate surface area is 108 Å². The standard InChI is InChI=1S/C12H10N2O2S2/c1-9-2-4-10(5-3-9)18(15,16)12-7-14-8-13-6-11(14)17-12/h2-8H,1H3. The smallest absolute Gasteiger partial charge is 0.217 e. The Balaban J connectivity index is 2.14. The predicted molar refractivity (Wildman–Crippen MR) is 69.7 cm³/mol. The van der Waals surface area contributed by atoms with Gasteiger partial charge in [0, 0.05) is 6.20 Å². The van der Waals surface area contributed by atoms with Gasteiger partial charge in [-0.05, 0) is 19.1 Å². The molecule has 0 spiro atoms. The molecule has 4 nitrogen and oxygen atoms in total. The molecular formula is C12H10N2O2S2. The van der Waals surface area contributed by atoms with E-state index in [4.69, 9.17) is 0 Å². The molecule has 0 saturated carbocycles. The third-order valence-corrected chi connectivity index (χ3v) is 5.94. The molecule has 0 saturated heterocycles. The summed E-state index contributed by atoms with van der Waals surface area (Å²) in [7, 11) is -3.42. The van der Waals surface area contributed by atoms with Gasteiger partial charge in [-0.15, -0.1) is 11.3 Å². The molecule has 2 heterocycles. The number of aromatic nitrogens is 2. The van der Waals surface area contributed by atoms with Crippen molar-refractivity contribution in [3.05, 3.63) is 48.5 Å². The topological polar surface area (TPSA) is 51.4 Å². The second-order valence-electron chi connectivity index (χ2n) is 4.01. The molecule has 3 rings (SSSR count). The minimum Gasteiger partial charge on any atom is -0.296 e. The van der Waals surface area contributed by atoms with Crippen LogP contribution in [-0.2, 0) is 9.84 Å². The van der Waals surface area contributed by atoms with Gasteiger partial charge in [0.1, 0.15) is 9.04 Å². The number of thiazole rings is 1. The molecule has 92 valence electrons. The lowest BCUT2D eigenvalue weighted by Crippen LogP contribution is -1.99. The fraction of sp³-hybridized carbons (Fsp3) is 0.0833. The van der Waals surface area contributed by atoms with Crippen LogP contribution in [0.3, 0.4) is 0 Å². The van der Waals surface area contributed by atoms with Crippen molar-refractivity contribution < 1.29 is 8.42 Å². The first kappa shape index (κ1) is 11.4. The largest absolute Gasteiger partial charge is 0.296 e. The van der Waals surface area contributed by atoms with Crippen LogP contribution in [0.25, 0.3) is 4.83 Å². The second-order valence-corrected chi connectivity index (χ2v) is 7.24. The molecule has 0 fully saturated rings. The van der Waals surface area contributed by atoms with Crippen molar-refractivity contribution in [2.45, 2.75) is 16.0 Å². The molecule has 0 aliphatic carbocycles. The minimum absolute atomic E-state index is 0.325. The van der Waals surface area contributed by atoms with Gasteiger partial charge in [0.05, 0.1) is 17.4 Å². The van der Waals surface area contributed by atoms with Crippen molar-refractivity contribution in [3.63, 3.8) is 0 Å². The molecule has 0 unspecified atom stereocenters.